The molecule has 0 unspecified atom stereocenters. The molecule has 0 aliphatic heterocycles. The summed E-state index contributed by atoms with van der Waals surface area (Å²) in [5, 5.41) is 0. The predicted octanol–water partition coefficient (Wildman–Crippen LogP) is 3.93. The summed E-state index contributed by atoms with van der Waals surface area (Å²) in [6.45, 7) is 14.3. The molecule has 0 amide bonds. The molecule has 0 bridgehead atoms. The zero-order valence-electron chi connectivity index (χ0n) is 11.3. The molecule has 1 fully saturated rings. The van der Waals surface area contributed by atoms with E-state index in [0.29, 0.717) is 5.41 Å². The lowest BCUT2D eigenvalue weighted by atomic mass is 9.83. The van der Waals surface area contributed by atoms with E-state index in [1.54, 1.807) is 0 Å². The second-order valence-corrected chi connectivity index (χ2v) is 5.66. The second-order valence-electron chi connectivity index (χ2n) is 5.66. The molecule has 0 N–H and O–H groups in total. The van der Waals surface area contributed by atoms with Gasteiger partial charge in [0.25, 0.3) is 0 Å². The lowest BCUT2D eigenvalue weighted by Gasteiger charge is -2.37. The number of hydrogen-bond acceptors (Lipinski definition) is 1. The summed E-state index contributed by atoms with van der Waals surface area (Å²) in [5.74, 6) is 1.00. The molecule has 15 heavy (non-hydrogen) atoms. The highest BCUT2D eigenvalue weighted by molar-refractivity contribution is 4.87. The fourth-order valence-electron chi connectivity index (χ4n) is 2.38. The first-order chi connectivity index (χ1) is 7.06. The zero-order valence-corrected chi connectivity index (χ0v) is 11.3. The predicted molar refractivity (Wildman–Crippen MR) is 68.1 cm³/mol. The maximum absolute atomic E-state index is 2.70. The molecular weight excluding hydrogens is 182 g/mol. The van der Waals surface area contributed by atoms with Gasteiger partial charge >= 0.3 is 0 Å². The number of nitrogens with zero attached hydrogens (tertiary/aromatic N) is 1. The van der Waals surface area contributed by atoms with Gasteiger partial charge in [-0.1, -0.05) is 27.7 Å². The van der Waals surface area contributed by atoms with Crippen molar-refractivity contribution in [3.63, 3.8) is 0 Å². The first kappa shape index (κ1) is 13.0. The first-order valence-electron chi connectivity index (χ1n) is 6.80. The number of rotatable bonds is 7. The van der Waals surface area contributed by atoms with Crippen molar-refractivity contribution < 1.29 is 0 Å². The van der Waals surface area contributed by atoms with Crippen LogP contribution in [0.2, 0.25) is 0 Å². The lowest BCUT2D eigenvalue weighted by molar-refractivity contribution is 0.114. The van der Waals surface area contributed by atoms with Gasteiger partial charge in [-0.3, -0.25) is 0 Å². The van der Waals surface area contributed by atoms with Crippen LogP contribution >= 0.6 is 0 Å². The Labute approximate surface area is 96.2 Å². The van der Waals surface area contributed by atoms with Crippen molar-refractivity contribution in [1.82, 2.24) is 4.90 Å². The summed E-state index contributed by atoms with van der Waals surface area (Å²) in [4.78, 5) is 2.70. The summed E-state index contributed by atoms with van der Waals surface area (Å²) < 4.78 is 0. The van der Waals surface area contributed by atoms with Gasteiger partial charge < -0.3 is 4.90 Å². The Morgan fingerprint density at radius 3 is 2.07 bits per heavy atom. The van der Waals surface area contributed by atoms with E-state index in [2.05, 4.69) is 39.5 Å². The largest absolute Gasteiger partial charge is 0.300 e. The van der Waals surface area contributed by atoms with E-state index in [0.717, 1.165) is 12.0 Å². The molecular formula is C14H29N. The van der Waals surface area contributed by atoms with Gasteiger partial charge in [0.05, 0.1) is 0 Å². The Bertz CT molecular complexity index is 180. The number of hydrogen-bond donors (Lipinski definition) is 0. The van der Waals surface area contributed by atoms with Crippen molar-refractivity contribution in [3.8, 4) is 0 Å². The van der Waals surface area contributed by atoms with Crippen molar-refractivity contribution in [2.24, 2.45) is 11.3 Å². The van der Waals surface area contributed by atoms with E-state index < -0.39 is 0 Å². The van der Waals surface area contributed by atoms with Crippen molar-refractivity contribution in [2.75, 3.05) is 13.1 Å². The SMILES string of the molecule is CCN(CC(C)(CC)CC)[C@H](C)C1CC1. The topological polar surface area (TPSA) is 3.24 Å². The minimum Gasteiger partial charge on any atom is -0.300 e. The maximum Gasteiger partial charge on any atom is 0.00953 e. The van der Waals surface area contributed by atoms with Crippen LogP contribution in [0.3, 0.4) is 0 Å². The van der Waals surface area contributed by atoms with Crippen LogP contribution in [0.15, 0.2) is 0 Å². The van der Waals surface area contributed by atoms with E-state index in [9.17, 15) is 0 Å². The van der Waals surface area contributed by atoms with E-state index in [1.807, 2.05) is 0 Å². The average molecular weight is 211 g/mol. The zero-order chi connectivity index (χ0) is 11.5. The van der Waals surface area contributed by atoms with Crippen molar-refractivity contribution in [1.29, 1.82) is 0 Å². The molecule has 0 heterocycles. The third-order valence-electron chi connectivity index (χ3n) is 4.58. The van der Waals surface area contributed by atoms with Crippen LogP contribution in [-0.2, 0) is 0 Å². The van der Waals surface area contributed by atoms with Gasteiger partial charge in [-0.15, -0.1) is 0 Å². The normalized spacial score (nSPS) is 19.6. The van der Waals surface area contributed by atoms with E-state index in [4.69, 9.17) is 0 Å². The van der Waals surface area contributed by atoms with Gasteiger partial charge in [0.2, 0.25) is 0 Å². The monoisotopic (exact) mass is 211 g/mol. The molecule has 1 aliphatic rings. The Balaban J connectivity index is 2.50. The highest BCUT2D eigenvalue weighted by Gasteiger charge is 2.33. The molecule has 1 aliphatic carbocycles. The molecule has 1 heteroatoms. The van der Waals surface area contributed by atoms with Gasteiger partial charge in [-0.25, -0.2) is 0 Å². The Morgan fingerprint density at radius 2 is 1.73 bits per heavy atom. The second kappa shape index (κ2) is 5.34. The Kier molecular flexibility index (Phi) is 4.64. The lowest BCUT2D eigenvalue weighted by Crippen LogP contribution is -2.41. The summed E-state index contributed by atoms with van der Waals surface area (Å²) in [6, 6.07) is 0.812. The molecule has 0 aromatic rings. The quantitative estimate of drug-likeness (QED) is 0.616. The molecule has 0 saturated heterocycles. The average Bonchev–Trinajstić information content (AvgIpc) is 3.08. The molecule has 0 spiro atoms. The fourth-order valence-corrected chi connectivity index (χ4v) is 2.38. The molecule has 0 aromatic heterocycles. The maximum atomic E-state index is 2.70. The fraction of sp³-hybridized carbons (Fsp3) is 1.00. The molecule has 1 atom stereocenters. The summed E-state index contributed by atoms with van der Waals surface area (Å²) in [6.07, 6.45) is 5.54. The van der Waals surface area contributed by atoms with Crippen LogP contribution in [-0.4, -0.2) is 24.0 Å². The van der Waals surface area contributed by atoms with Crippen LogP contribution in [0, 0.1) is 11.3 Å². The van der Waals surface area contributed by atoms with E-state index >= 15 is 0 Å². The Morgan fingerprint density at radius 1 is 1.20 bits per heavy atom. The third kappa shape index (κ3) is 3.48. The van der Waals surface area contributed by atoms with Crippen molar-refractivity contribution in [2.45, 2.75) is 66.3 Å². The minimum absolute atomic E-state index is 0.527. The molecule has 1 saturated carbocycles. The van der Waals surface area contributed by atoms with Gasteiger partial charge in [-0.2, -0.15) is 0 Å². The molecule has 0 radical (unpaired) electrons. The van der Waals surface area contributed by atoms with Crippen molar-refractivity contribution in [3.05, 3.63) is 0 Å². The summed E-state index contributed by atoms with van der Waals surface area (Å²) in [5.41, 5.74) is 0.527. The van der Waals surface area contributed by atoms with Gasteiger partial charge in [-0.05, 0) is 50.5 Å². The van der Waals surface area contributed by atoms with E-state index in [1.165, 1.54) is 38.8 Å². The molecule has 0 aromatic carbocycles. The summed E-state index contributed by atoms with van der Waals surface area (Å²) in [7, 11) is 0. The van der Waals surface area contributed by atoms with Crippen LogP contribution < -0.4 is 0 Å². The highest BCUT2D eigenvalue weighted by atomic mass is 15.2. The van der Waals surface area contributed by atoms with E-state index in [-0.39, 0.29) is 0 Å². The molecule has 1 rings (SSSR count). The smallest absolute Gasteiger partial charge is 0.00953 e. The van der Waals surface area contributed by atoms with Crippen LogP contribution in [0.1, 0.15) is 60.3 Å². The third-order valence-corrected chi connectivity index (χ3v) is 4.58. The standard InChI is InChI=1S/C14H29N/c1-6-14(5,7-2)11-15(8-3)12(4)13-9-10-13/h12-13H,6-11H2,1-5H3/t12-/m1/s1. The van der Waals surface area contributed by atoms with Crippen LogP contribution in [0.25, 0.3) is 0 Å². The summed E-state index contributed by atoms with van der Waals surface area (Å²) >= 11 is 0. The van der Waals surface area contributed by atoms with Gasteiger partial charge in [0.1, 0.15) is 0 Å². The van der Waals surface area contributed by atoms with Crippen molar-refractivity contribution >= 4 is 0 Å². The Hall–Kier alpha value is -0.0400. The van der Waals surface area contributed by atoms with Crippen LogP contribution in [0.5, 0.6) is 0 Å². The van der Waals surface area contributed by atoms with Gasteiger partial charge in [0.15, 0.2) is 0 Å². The first-order valence-corrected chi connectivity index (χ1v) is 6.80. The molecule has 90 valence electrons. The highest BCUT2D eigenvalue weighted by Crippen LogP contribution is 2.37. The minimum atomic E-state index is 0.527. The van der Waals surface area contributed by atoms with Crippen LogP contribution in [0.4, 0.5) is 0 Å². The molecule has 1 nitrogen and oxygen atoms in total. The van der Waals surface area contributed by atoms with Gasteiger partial charge in [0, 0.05) is 12.6 Å².